The van der Waals surface area contributed by atoms with Crippen LogP contribution in [0.15, 0.2) is 18.2 Å². The maximum absolute atomic E-state index is 12.9. The van der Waals surface area contributed by atoms with Gasteiger partial charge in [-0.15, -0.1) is 0 Å². The van der Waals surface area contributed by atoms with E-state index in [4.69, 9.17) is 0 Å². The molecule has 2 nitrogen and oxygen atoms in total. The van der Waals surface area contributed by atoms with E-state index >= 15 is 0 Å². The van der Waals surface area contributed by atoms with Crippen molar-refractivity contribution < 1.29 is 13.0 Å². The van der Waals surface area contributed by atoms with E-state index in [0.29, 0.717) is 17.2 Å². The highest BCUT2D eigenvalue weighted by atomic mass is 32.2. The lowest BCUT2D eigenvalue weighted by Crippen LogP contribution is -2.29. The van der Waals surface area contributed by atoms with E-state index in [9.17, 15) is 13.0 Å². The van der Waals surface area contributed by atoms with Crippen LogP contribution in [-0.2, 0) is 10.8 Å². The maximum atomic E-state index is 12.9. The molecule has 88 valence electrons. The Morgan fingerprint density at radius 2 is 1.69 bits per heavy atom. The van der Waals surface area contributed by atoms with Gasteiger partial charge in [-0.25, -0.2) is 8.78 Å². The van der Waals surface area contributed by atoms with Crippen LogP contribution in [0.2, 0.25) is 0 Å². The predicted molar refractivity (Wildman–Crippen MR) is 60.9 cm³/mol. The normalized spacial score (nSPS) is 25.4. The van der Waals surface area contributed by atoms with Gasteiger partial charge in [-0.3, -0.25) is 4.21 Å². The fraction of sp³-hybridized carbons (Fsp3) is 0.455. The van der Waals surface area contributed by atoms with E-state index in [1.54, 1.807) is 0 Å². The summed E-state index contributed by atoms with van der Waals surface area (Å²) in [4.78, 5) is 0. The van der Waals surface area contributed by atoms with Crippen LogP contribution < -0.4 is 5.32 Å². The third-order valence-electron chi connectivity index (χ3n) is 2.62. The molecule has 1 aliphatic rings. The van der Waals surface area contributed by atoms with Crippen LogP contribution in [0.4, 0.5) is 14.5 Å². The van der Waals surface area contributed by atoms with Gasteiger partial charge in [0.25, 0.3) is 0 Å². The molecule has 0 spiro atoms. The zero-order valence-electron chi connectivity index (χ0n) is 8.71. The highest BCUT2D eigenvalue weighted by Crippen LogP contribution is 2.18. The molecule has 16 heavy (non-hydrogen) atoms. The lowest BCUT2D eigenvalue weighted by Gasteiger charge is -2.23. The molecule has 0 amide bonds. The zero-order valence-corrected chi connectivity index (χ0v) is 9.53. The third-order valence-corrected chi connectivity index (χ3v) is 4.00. The van der Waals surface area contributed by atoms with E-state index in [0.717, 1.165) is 18.9 Å². The molecule has 0 aliphatic carbocycles. The van der Waals surface area contributed by atoms with Crippen LogP contribution in [0.25, 0.3) is 0 Å². The van der Waals surface area contributed by atoms with Gasteiger partial charge < -0.3 is 5.32 Å². The first-order valence-electron chi connectivity index (χ1n) is 5.21. The summed E-state index contributed by atoms with van der Waals surface area (Å²) in [5.41, 5.74) is 0.454. The third kappa shape index (κ3) is 3.01. The fourth-order valence-corrected chi connectivity index (χ4v) is 3.11. The van der Waals surface area contributed by atoms with Crippen molar-refractivity contribution in [1.29, 1.82) is 0 Å². The molecule has 1 aliphatic heterocycles. The first kappa shape index (κ1) is 11.5. The molecule has 2 rings (SSSR count). The standard InChI is InChI=1S/C11H13F2NOS/c12-8-5-9(13)7-11(6-8)14-10-1-3-16(15)4-2-10/h5-7,10,14H,1-4H2. The summed E-state index contributed by atoms with van der Waals surface area (Å²) < 4.78 is 37.0. The molecule has 0 bridgehead atoms. The monoisotopic (exact) mass is 245 g/mol. The Kier molecular flexibility index (Phi) is 3.53. The van der Waals surface area contributed by atoms with Crippen molar-refractivity contribution in [3.63, 3.8) is 0 Å². The highest BCUT2D eigenvalue weighted by molar-refractivity contribution is 7.85. The molecule has 0 unspecified atom stereocenters. The second kappa shape index (κ2) is 4.91. The SMILES string of the molecule is O=S1CCC(Nc2cc(F)cc(F)c2)CC1. The van der Waals surface area contributed by atoms with Crippen LogP contribution in [-0.4, -0.2) is 21.8 Å². The molecular weight excluding hydrogens is 232 g/mol. The van der Waals surface area contributed by atoms with E-state index < -0.39 is 22.4 Å². The highest BCUT2D eigenvalue weighted by Gasteiger charge is 2.17. The number of rotatable bonds is 2. The van der Waals surface area contributed by atoms with Crippen molar-refractivity contribution >= 4 is 16.5 Å². The van der Waals surface area contributed by atoms with Crippen LogP contribution in [0.3, 0.4) is 0 Å². The van der Waals surface area contributed by atoms with Crippen LogP contribution in [0, 0.1) is 11.6 Å². The molecule has 0 atom stereocenters. The minimum Gasteiger partial charge on any atom is -0.382 e. The Labute approximate surface area is 95.5 Å². The van der Waals surface area contributed by atoms with Gasteiger partial charge in [-0.1, -0.05) is 0 Å². The fourth-order valence-electron chi connectivity index (χ4n) is 1.81. The molecule has 1 aromatic carbocycles. The summed E-state index contributed by atoms with van der Waals surface area (Å²) in [7, 11) is -0.716. The topological polar surface area (TPSA) is 29.1 Å². The minimum absolute atomic E-state index is 0.166. The Morgan fingerprint density at radius 1 is 1.12 bits per heavy atom. The molecule has 5 heteroatoms. The number of nitrogens with one attached hydrogen (secondary N) is 1. The summed E-state index contributed by atoms with van der Waals surface area (Å²) in [5, 5.41) is 3.07. The Bertz CT molecular complexity index is 381. The lowest BCUT2D eigenvalue weighted by atomic mass is 10.1. The van der Waals surface area contributed by atoms with Crippen LogP contribution in [0.1, 0.15) is 12.8 Å². The van der Waals surface area contributed by atoms with E-state index in [1.165, 1.54) is 12.1 Å². The van der Waals surface area contributed by atoms with Crippen molar-refractivity contribution in [2.75, 3.05) is 16.8 Å². The summed E-state index contributed by atoms with van der Waals surface area (Å²) in [6.45, 7) is 0. The Hall–Kier alpha value is -0.970. The first-order valence-corrected chi connectivity index (χ1v) is 6.70. The maximum Gasteiger partial charge on any atom is 0.128 e. The number of anilines is 1. The molecule has 1 aromatic rings. The molecule has 0 saturated carbocycles. The van der Waals surface area contributed by atoms with Gasteiger partial charge in [0.05, 0.1) is 0 Å². The molecule has 1 heterocycles. The summed E-state index contributed by atoms with van der Waals surface area (Å²) in [6.07, 6.45) is 1.56. The predicted octanol–water partition coefficient (Wildman–Crippen LogP) is 2.29. The second-order valence-corrected chi connectivity index (χ2v) is 5.62. The van der Waals surface area contributed by atoms with Gasteiger partial charge in [0, 0.05) is 40.1 Å². The largest absolute Gasteiger partial charge is 0.382 e. The van der Waals surface area contributed by atoms with Gasteiger partial charge in [-0.2, -0.15) is 0 Å². The molecule has 1 fully saturated rings. The molecule has 0 aromatic heterocycles. The van der Waals surface area contributed by atoms with Crippen molar-refractivity contribution in [2.45, 2.75) is 18.9 Å². The zero-order chi connectivity index (χ0) is 11.5. The minimum atomic E-state index is -0.716. The van der Waals surface area contributed by atoms with Gasteiger partial charge in [0.2, 0.25) is 0 Å². The van der Waals surface area contributed by atoms with Crippen LogP contribution in [0.5, 0.6) is 0 Å². The Balaban J connectivity index is 2.00. The quantitative estimate of drug-likeness (QED) is 0.866. The van der Waals surface area contributed by atoms with Gasteiger partial charge in [-0.05, 0) is 25.0 Å². The summed E-state index contributed by atoms with van der Waals surface area (Å²) in [6, 6.07) is 3.56. The number of hydrogen-bond donors (Lipinski definition) is 1. The molecular formula is C11H13F2NOS. The van der Waals surface area contributed by atoms with Crippen molar-refractivity contribution in [2.24, 2.45) is 0 Å². The summed E-state index contributed by atoms with van der Waals surface area (Å²) >= 11 is 0. The van der Waals surface area contributed by atoms with E-state index in [1.807, 2.05) is 0 Å². The smallest absolute Gasteiger partial charge is 0.128 e. The molecule has 1 saturated heterocycles. The summed E-state index contributed by atoms with van der Waals surface area (Å²) in [5.74, 6) is 0.161. The number of hydrogen-bond acceptors (Lipinski definition) is 2. The second-order valence-electron chi connectivity index (χ2n) is 3.92. The number of halogens is 2. The van der Waals surface area contributed by atoms with Crippen molar-refractivity contribution in [3.05, 3.63) is 29.8 Å². The lowest BCUT2D eigenvalue weighted by molar-refractivity contribution is 0.581. The average molecular weight is 245 g/mol. The van der Waals surface area contributed by atoms with E-state index in [-0.39, 0.29) is 6.04 Å². The molecule has 1 N–H and O–H groups in total. The van der Waals surface area contributed by atoms with Gasteiger partial charge >= 0.3 is 0 Å². The van der Waals surface area contributed by atoms with Crippen molar-refractivity contribution in [1.82, 2.24) is 0 Å². The number of benzene rings is 1. The molecule has 0 radical (unpaired) electrons. The van der Waals surface area contributed by atoms with Gasteiger partial charge in [0.1, 0.15) is 11.6 Å². The average Bonchev–Trinajstić information content (AvgIpc) is 2.20. The first-order chi connectivity index (χ1) is 7.63. The Morgan fingerprint density at radius 3 is 2.25 bits per heavy atom. The van der Waals surface area contributed by atoms with E-state index in [2.05, 4.69) is 5.32 Å². The van der Waals surface area contributed by atoms with Crippen LogP contribution >= 0.6 is 0 Å². The van der Waals surface area contributed by atoms with Crippen molar-refractivity contribution in [3.8, 4) is 0 Å². The van der Waals surface area contributed by atoms with Gasteiger partial charge in [0.15, 0.2) is 0 Å².